The molecule has 0 unspecified atom stereocenters. The van der Waals surface area contributed by atoms with Gasteiger partial charge >= 0.3 is 0 Å². The summed E-state index contributed by atoms with van der Waals surface area (Å²) in [5.74, 6) is 10.3. The summed E-state index contributed by atoms with van der Waals surface area (Å²) in [4.78, 5) is 28.5. The van der Waals surface area contributed by atoms with Gasteiger partial charge in [-0.05, 0) is 106 Å². The molecule has 0 aromatic heterocycles. The molecule has 10 heteroatoms. The van der Waals surface area contributed by atoms with Crippen LogP contribution in [0.25, 0.3) is 0 Å². The van der Waals surface area contributed by atoms with Crippen molar-refractivity contribution in [2.24, 2.45) is 28.9 Å². The summed E-state index contributed by atoms with van der Waals surface area (Å²) in [7, 11) is 0. The molecule has 59 heavy (non-hydrogen) atoms. The number of carbonyl (C=O) groups excluding carboxylic acids is 2. The number of amides is 1. The zero-order valence-electron chi connectivity index (χ0n) is 35.2. The molecule has 0 bridgehead atoms. The Labute approximate surface area is 350 Å². The van der Waals surface area contributed by atoms with Crippen LogP contribution in [0.5, 0.6) is 0 Å². The van der Waals surface area contributed by atoms with Crippen LogP contribution in [0.2, 0.25) is 0 Å². The lowest BCUT2D eigenvalue weighted by molar-refractivity contribution is -0.169. The van der Waals surface area contributed by atoms with Gasteiger partial charge in [-0.2, -0.15) is 0 Å². The second kappa shape index (κ2) is 19.1. The molecule has 10 atom stereocenters. The first kappa shape index (κ1) is 44.5. The second-order valence-corrected chi connectivity index (χ2v) is 17.6. The molecule has 0 saturated heterocycles. The van der Waals surface area contributed by atoms with E-state index in [0.717, 1.165) is 29.6 Å². The first-order chi connectivity index (χ1) is 28.2. The van der Waals surface area contributed by atoms with E-state index in [2.05, 4.69) is 53.9 Å². The minimum absolute atomic E-state index is 0.139. The molecular weight excluding hydrogens is 743 g/mol. The Morgan fingerprint density at radius 1 is 1.14 bits per heavy atom. The number of Topliss-reactive ketones (excluding diaryl/α,β-unsaturated/α-hetero) is 1. The number of ketones is 1. The van der Waals surface area contributed by atoms with Gasteiger partial charge in [-0.15, -0.1) is 5.92 Å². The van der Waals surface area contributed by atoms with Crippen LogP contribution in [0.15, 0.2) is 76.9 Å². The van der Waals surface area contributed by atoms with Crippen LogP contribution in [-0.2, 0) is 14.3 Å². The van der Waals surface area contributed by atoms with E-state index in [1.165, 1.54) is 5.57 Å². The number of fused-ring (bicyclic) bond motifs is 3. The van der Waals surface area contributed by atoms with Gasteiger partial charge in [0.05, 0.1) is 36.9 Å². The zero-order chi connectivity index (χ0) is 42.5. The predicted octanol–water partition coefficient (Wildman–Crippen LogP) is 5.27. The molecule has 2 saturated carbocycles. The van der Waals surface area contributed by atoms with Crippen LogP contribution in [0.1, 0.15) is 120 Å². The Bertz CT molecular complexity index is 2040. The van der Waals surface area contributed by atoms with E-state index in [1.54, 1.807) is 6.92 Å². The third kappa shape index (κ3) is 9.31. The fourth-order valence-corrected chi connectivity index (χ4v) is 10.4. The first-order valence-electron chi connectivity index (χ1n) is 21.3. The maximum absolute atomic E-state index is 15.1. The number of nitrogens with one attached hydrogen (secondary N) is 2. The Kier molecular flexibility index (Phi) is 14.4. The van der Waals surface area contributed by atoms with Crippen molar-refractivity contribution in [3.8, 4) is 23.7 Å². The second-order valence-electron chi connectivity index (χ2n) is 17.6. The zero-order valence-corrected chi connectivity index (χ0v) is 35.2. The minimum atomic E-state index is -1.30. The molecule has 10 nitrogen and oxygen atoms in total. The molecule has 6 rings (SSSR count). The quantitative estimate of drug-likeness (QED) is 0.149. The van der Waals surface area contributed by atoms with E-state index in [4.69, 9.17) is 10.5 Å². The lowest BCUT2D eigenvalue weighted by Crippen LogP contribution is -2.59. The van der Waals surface area contributed by atoms with Gasteiger partial charge in [0.1, 0.15) is 18.8 Å². The number of hydrogen-bond donors (Lipinski definition) is 7. The number of carbonyl (C=O) groups is 2. The van der Waals surface area contributed by atoms with Crippen molar-refractivity contribution in [2.75, 3.05) is 26.4 Å². The van der Waals surface area contributed by atoms with E-state index in [1.807, 2.05) is 50.3 Å². The van der Waals surface area contributed by atoms with Gasteiger partial charge in [-0.3, -0.25) is 14.9 Å². The van der Waals surface area contributed by atoms with Gasteiger partial charge in [-0.25, -0.2) is 0 Å². The van der Waals surface area contributed by atoms with E-state index < -0.39 is 53.2 Å². The van der Waals surface area contributed by atoms with Gasteiger partial charge < -0.3 is 36.2 Å². The van der Waals surface area contributed by atoms with Crippen molar-refractivity contribution in [1.29, 1.82) is 0 Å². The molecule has 3 aliphatic carbocycles. The first-order valence-corrected chi connectivity index (χ1v) is 21.3. The van der Waals surface area contributed by atoms with Crippen LogP contribution in [0.4, 0.5) is 0 Å². The summed E-state index contributed by atoms with van der Waals surface area (Å²) in [6.07, 6.45) is 10.4. The monoisotopic (exact) mass is 805 g/mol. The number of aliphatic hydroxyl groups excluding tert-OH is 3. The van der Waals surface area contributed by atoms with E-state index in [-0.39, 0.29) is 50.4 Å². The number of aliphatic hydroxyl groups is 4. The number of nitrogens with two attached hydrogens (primary N) is 1. The molecule has 2 heterocycles. The highest BCUT2D eigenvalue weighted by Gasteiger charge is 2.64. The fourth-order valence-electron chi connectivity index (χ4n) is 10.4. The van der Waals surface area contributed by atoms with Crippen molar-refractivity contribution < 1.29 is 34.8 Å². The molecule has 1 aromatic rings. The highest BCUT2D eigenvalue weighted by Crippen LogP contribution is 2.63. The van der Waals surface area contributed by atoms with Crippen LogP contribution >= 0.6 is 0 Å². The van der Waals surface area contributed by atoms with Gasteiger partial charge in [0.25, 0.3) is 0 Å². The number of ether oxygens (including phenoxy) is 1. The average molecular weight is 806 g/mol. The molecule has 8 N–H and O–H groups in total. The third-order valence-corrected chi connectivity index (χ3v) is 13.6. The Morgan fingerprint density at radius 3 is 2.68 bits per heavy atom. The maximum atomic E-state index is 15.1. The number of allylic oxidation sites excluding steroid dienone is 8. The molecule has 1 amide bonds. The molecule has 316 valence electrons. The van der Waals surface area contributed by atoms with Crippen molar-refractivity contribution in [3.63, 3.8) is 0 Å². The van der Waals surface area contributed by atoms with Gasteiger partial charge in [-0.1, -0.05) is 83.6 Å². The summed E-state index contributed by atoms with van der Waals surface area (Å²) < 4.78 is 6.11. The summed E-state index contributed by atoms with van der Waals surface area (Å²) >= 11 is 0. The molecule has 1 aromatic carbocycles. The normalized spacial score (nSPS) is 37.3. The van der Waals surface area contributed by atoms with Crippen LogP contribution in [0, 0.1) is 46.9 Å². The predicted molar refractivity (Wildman–Crippen MR) is 229 cm³/mol. The maximum Gasteiger partial charge on any atom is 0.243 e. The Balaban J connectivity index is 1.41. The minimum Gasteiger partial charge on any atom is -0.395 e. The van der Waals surface area contributed by atoms with Crippen molar-refractivity contribution in [1.82, 2.24) is 10.6 Å². The molecule has 2 aliphatic heterocycles. The van der Waals surface area contributed by atoms with Gasteiger partial charge in [0.15, 0.2) is 5.78 Å². The highest BCUT2D eigenvalue weighted by atomic mass is 16.5. The standard InChI is InChI=1S/C49H63N3O7/c1-30-12-6-7-25-59-29-35(17-9-15-31(2)14-8-13-30)37-22-24-49(45(37)56)41-26-34(28-53)16-10-19-39(44(55)33(4)36(41)21-23-48(49,5)58)38-18-11-20-40-42(38)43(51-27-32(3)54)47(57)52-46(40)50/h9,11,13,15,17-18,20,32,34,37,39,41,43,45-46,51,53-54,56,58H,2,8,12,14,19,21-29,50H2,1,3-5H3,(H,52,57)/b15-9+,30-13+,35-17-,36-33-/t32-,34-,37+,39-,41+,43+,45+,46+,48+,49+/m0/s1. The van der Waals surface area contributed by atoms with E-state index in [9.17, 15) is 25.2 Å². The van der Waals surface area contributed by atoms with Crippen LogP contribution < -0.4 is 16.4 Å². The molecule has 5 aliphatic rings. The summed E-state index contributed by atoms with van der Waals surface area (Å²) in [5.41, 5.74) is 10.5. The summed E-state index contributed by atoms with van der Waals surface area (Å²) in [5, 5.41) is 52.2. The molecule has 2 fully saturated rings. The van der Waals surface area contributed by atoms with Crippen molar-refractivity contribution in [3.05, 3.63) is 93.6 Å². The topological polar surface area (TPSA) is 174 Å². The van der Waals surface area contributed by atoms with Crippen molar-refractivity contribution in [2.45, 2.75) is 121 Å². The number of hydrogen-bond acceptors (Lipinski definition) is 9. The molecular formula is C49H63N3O7. The molecule has 0 radical (unpaired) electrons. The number of benzene rings is 1. The third-order valence-electron chi connectivity index (χ3n) is 13.6. The SMILES string of the molecule is C=C1/C=C/C=C(\[C@H]2CC[C@@]3([C@@H]4C[C@@H](CO)C#CC[C@@H](c5cccc6c5[C@@H](NC[C@H](C)O)C(=O)N[C@H]6N)C(=O)/C(C)=C\4CC[C@@]3(C)O)[C@@H]2O)COCC#CC/C(C)=C/CC1. The van der Waals surface area contributed by atoms with E-state index >= 15 is 4.79 Å². The van der Waals surface area contributed by atoms with Crippen LogP contribution in [0.3, 0.4) is 0 Å². The Morgan fingerprint density at radius 2 is 1.92 bits per heavy atom. The fraction of sp³-hybridized carbons (Fsp3) is 0.551. The average Bonchev–Trinajstić information content (AvgIpc) is 3.54. The largest absolute Gasteiger partial charge is 0.395 e. The summed E-state index contributed by atoms with van der Waals surface area (Å²) in [6, 6.07) is 4.67. The van der Waals surface area contributed by atoms with E-state index in [0.29, 0.717) is 60.8 Å². The van der Waals surface area contributed by atoms with Gasteiger partial charge in [0, 0.05) is 36.6 Å². The molecule has 1 spiro atoms. The Hall–Kier alpha value is -4.10. The highest BCUT2D eigenvalue weighted by molar-refractivity contribution is 6.01. The van der Waals surface area contributed by atoms with Gasteiger partial charge in [0.2, 0.25) is 5.91 Å². The lowest BCUT2D eigenvalue weighted by Gasteiger charge is -2.56. The summed E-state index contributed by atoms with van der Waals surface area (Å²) in [6.45, 7) is 12.0. The van der Waals surface area contributed by atoms with Crippen molar-refractivity contribution >= 4 is 11.7 Å². The number of rotatable bonds is 6. The van der Waals surface area contributed by atoms with Crippen LogP contribution in [-0.4, -0.2) is 76.3 Å². The lowest BCUT2D eigenvalue weighted by atomic mass is 9.51. The smallest absolute Gasteiger partial charge is 0.243 e.